The van der Waals surface area contributed by atoms with Gasteiger partial charge >= 0.3 is 0 Å². The molecule has 2 heteroatoms. The molecule has 244 valence electrons. The molecule has 0 radical (unpaired) electrons. The van der Waals surface area contributed by atoms with E-state index in [1.807, 2.05) is 0 Å². The maximum Gasteiger partial charge on any atom is 0.136 e. The first-order valence-electron chi connectivity index (χ1n) is 17.8. The summed E-state index contributed by atoms with van der Waals surface area (Å²) in [5.41, 5.74) is 12.1. The van der Waals surface area contributed by atoms with E-state index in [4.69, 9.17) is 4.42 Å². The average Bonchev–Trinajstić information content (AvgIpc) is 3.60. The van der Waals surface area contributed by atoms with Gasteiger partial charge < -0.3 is 9.32 Å². The standard InChI is InChI=1S/C50H33NO/c1-2-11-34(12-3-1)35-21-27-40(28-22-35)51(41-29-23-38(24-30-41)43-19-10-15-36-13-4-6-16-42(36)43)47-20-9-8-17-44(47)39-25-31-46-49(33-39)52-48-32-26-37-14-5-7-18-45(37)50(46)48/h1-33H. The maximum absolute atomic E-state index is 6.52. The normalized spacial score (nSPS) is 11.5. The first-order valence-corrected chi connectivity index (χ1v) is 17.8. The average molecular weight is 664 g/mol. The van der Waals surface area contributed by atoms with Gasteiger partial charge in [-0.2, -0.15) is 0 Å². The van der Waals surface area contributed by atoms with Gasteiger partial charge in [0.25, 0.3) is 0 Å². The van der Waals surface area contributed by atoms with Crippen molar-refractivity contribution in [2.45, 2.75) is 0 Å². The predicted molar refractivity (Wildman–Crippen MR) is 220 cm³/mol. The second-order valence-electron chi connectivity index (χ2n) is 13.3. The Morgan fingerprint density at radius 2 is 0.904 bits per heavy atom. The summed E-state index contributed by atoms with van der Waals surface area (Å²) in [5, 5.41) is 7.22. The van der Waals surface area contributed by atoms with Crippen molar-refractivity contribution in [3.63, 3.8) is 0 Å². The van der Waals surface area contributed by atoms with Gasteiger partial charge in [0.1, 0.15) is 11.2 Å². The smallest absolute Gasteiger partial charge is 0.136 e. The Morgan fingerprint density at radius 1 is 0.327 bits per heavy atom. The number of anilines is 3. The molecular formula is C50H33NO. The van der Waals surface area contributed by atoms with Gasteiger partial charge in [-0.15, -0.1) is 0 Å². The molecule has 1 heterocycles. The molecule has 0 amide bonds. The lowest BCUT2D eigenvalue weighted by Crippen LogP contribution is -2.11. The second-order valence-corrected chi connectivity index (χ2v) is 13.3. The van der Waals surface area contributed by atoms with E-state index in [0.29, 0.717) is 0 Å². The number of para-hydroxylation sites is 1. The van der Waals surface area contributed by atoms with Gasteiger partial charge in [-0.1, -0.05) is 152 Å². The Bertz CT molecular complexity index is 2880. The van der Waals surface area contributed by atoms with Crippen molar-refractivity contribution in [3.8, 4) is 33.4 Å². The third-order valence-electron chi connectivity index (χ3n) is 10.3. The van der Waals surface area contributed by atoms with Crippen LogP contribution in [0.25, 0.3) is 76.9 Å². The third-order valence-corrected chi connectivity index (χ3v) is 10.3. The number of rotatable bonds is 6. The van der Waals surface area contributed by atoms with Crippen LogP contribution in [-0.2, 0) is 0 Å². The van der Waals surface area contributed by atoms with Crippen molar-refractivity contribution in [3.05, 3.63) is 200 Å². The number of hydrogen-bond donors (Lipinski definition) is 0. The van der Waals surface area contributed by atoms with Crippen molar-refractivity contribution >= 4 is 60.5 Å². The first kappa shape index (κ1) is 30.0. The van der Waals surface area contributed by atoms with Crippen LogP contribution in [0.4, 0.5) is 17.1 Å². The number of benzene rings is 9. The maximum atomic E-state index is 6.52. The Kier molecular flexibility index (Phi) is 7.18. The summed E-state index contributed by atoms with van der Waals surface area (Å²) in [4.78, 5) is 2.37. The summed E-state index contributed by atoms with van der Waals surface area (Å²) >= 11 is 0. The zero-order chi connectivity index (χ0) is 34.4. The molecule has 0 N–H and O–H groups in total. The molecule has 0 aliphatic rings. The van der Waals surface area contributed by atoms with Crippen LogP contribution < -0.4 is 4.90 Å². The highest BCUT2D eigenvalue weighted by molar-refractivity contribution is 6.19. The molecule has 10 aromatic rings. The molecular weight excluding hydrogens is 631 g/mol. The first-order chi connectivity index (χ1) is 25.8. The van der Waals surface area contributed by atoms with Crippen molar-refractivity contribution in [1.29, 1.82) is 0 Å². The number of hydrogen-bond acceptors (Lipinski definition) is 2. The van der Waals surface area contributed by atoms with E-state index in [2.05, 4.69) is 205 Å². The lowest BCUT2D eigenvalue weighted by molar-refractivity contribution is 0.669. The minimum atomic E-state index is 0.886. The fourth-order valence-electron chi connectivity index (χ4n) is 7.75. The van der Waals surface area contributed by atoms with Crippen molar-refractivity contribution < 1.29 is 4.42 Å². The van der Waals surface area contributed by atoms with Crippen LogP contribution >= 0.6 is 0 Å². The van der Waals surface area contributed by atoms with Gasteiger partial charge in [0.15, 0.2) is 0 Å². The highest BCUT2D eigenvalue weighted by Crippen LogP contribution is 2.44. The Labute approximate surface area is 302 Å². The van der Waals surface area contributed by atoms with Crippen LogP contribution in [-0.4, -0.2) is 0 Å². The van der Waals surface area contributed by atoms with Crippen LogP contribution in [0.1, 0.15) is 0 Å². The van der Waals surface area contributed by atoms with E-state index in [1.165, 1.54) is 49.2 Å². The lowest BCUT2D eigenvalue weighted by atomic mass is 9.97. The van der Waals surface area contributed by atoms with E-state index in [9.17, 15) is 0 Å². The van der Waals surface area contributed by atoms with Crippen molar-refractivity contribution in [2.24, 2.45) is 0 Å². The van der Waals surface area contributed by atoms with Crippen molar-refractivity contribution in [1.82, 2.24) is 0 Å². The molecule has 0 fully saturated rings. The number of fused-ring (bicyclic) bond motifs is 6. The summed E-state index contributed by atoms with van der Waals surface area (Å²) in [6.07, 6.45) is 0. The lowest BCUT2D eigenvalue weighted by Gasteiger charge is -2.28. The quantitative estimate of drug-likeness (QED) is 0.176. The van der Waals surface area contributed by atoms with E-state index in [1.54, 1.807) is 0 Å². The van der Waals surface area contributed by atoms with Crippen LogP contribution in [0.15, 0.2) is 205 Å². The summed E-state index contributed by atoms with van der Waals surface area (Å²) in [6, 6.07) is 71.6. The molecule has 0 spiro atoms. The molecule has 0 atom stereocenters. The highest BCUT2D eigenvalue weighted by atomic mass is 16.3. The zero-order valence-electron chi connectivity index (χ0n) is 28.4. The molecule has 1 aromatic heterocycles. The molecule has 10 rings (SSSR count). The van der Waals surface area contributed by atoms with Crippen LogP contribution in [0.5, 0.6) is 0 Å². The molecule has 9 aromatic carbocycles. The molecule has 2 nitrogen and oxygen atoms in total. The summed E-state index contributed by atoms with van der Waals surface area (Å²) in [6.45, 7) is 0. The van der Waals surface area contributed by atoms with E-state index in [-0.39, 0.29) is 0 Å². The minimum Gasteiger partial charge on any atom is -0.456 e. The minimum absolute atomic E-state index is 0.886. The van der Waals surface area contributed by atoms with Crippen LogP contribution in [0.3, 0.4) is 0 Å². The van der Waals surface area contributed by atoms with Gasteiger partial charge in [-0.25, -0.2) is 0 Å². The predicted octanol–water partition coefficient (Wildman–Crippen LogP) is 14.4. The van der Waals surface area contributed by atoms with E-state index < -0.39 is 0 Å². The molecule has 0 bridgehead atoms. The molecule has 52 heavy (non-hydrogen) atoms. The Morgan fingerprint density at radius 3 is 1.69 bits per heavy atom. The Hall–Kier alpha value is -6.90. The molecule has 0 unspecified atom stereocenters. The van der Waals surface area contributed by atoms with Crippen LogP contribution in [0.2, 0.25) is 0 Å². The fourth-order valence-corrected chi connectivity index (χ4v) is 7.75. The van der Waals surface area contributed by atoms with Crippen molar-refractivity contribution in [2.75, 3.05) is 4.90 Å². The van der Waals surface area contributed by atoms with E-state index >= 15 is 0 Å². The number of nitrogens with zero attached hydrogens (tertiary/aromatic N) is 1. The molecule has 0 saturated carbocycles. The SMILES string of the molecule is c1ccc(-c2ccc(N(c3ccc(-c4cccc5ccccc45)cc3)c3ccccc3-c3ccc4c(c3)oc3ccc5ccccc5c34)cc2)cc1. The zero-order valence-corrected chi connectivity index (χ0v) is 28.4. The second kappa shape index (κ2) is 12.5. The summed E-state index contributed by atoms with van der Waals surface area (Å²) < 4.78 is 6.52. The van der Waals surface area contributed by atoms with E-state index in [0.717, 1.165) is 44.7 Å². The summed E-state index contributed by atoms with van der Waals surface area (Å²) in [5.74, 6) is 0. The van der Waals surface area contributed by atoms with Gasteiger partial charge in [0.05, 0.1) is 5.69 Å². The van der Waals surface area contributed by atoms with Crippen LogP contribution in [0, 0.1) is 0 Å². The van der Waals surface area contributed by atoms with Gasteiger partial charge in [0, 0.05) is 27.7 Å². The molecule has 0 saturated heterocycles. The number of furan rings is 1. The fraction of sp³-hybridized carbons (Fsp3) is 0. The summed E-state index contributed by atoms with van der Waals surface area (Å²) in [7, 11) is 0. The highest BCUT2D eigenvalue weighted by Gasteiger charge is 2.19. The third kappa shape index (κ3) is 5.12. The van der Waals surface area contributed by atoms with Gasteiger partial charge in [-0.3, -0.25) is 0 Å². The van der Waals surface area contributed by atoms with Gasteiger partial charge in [0.2, 0.25) is 0 Å². The molecule has 0 aliphatic carbocycles. The Balaban J connectivity index is 1.12. The molecule has 0 aliphatic heterocycles. The van der Waals surface area contributed by atoms with Gasteiger partial charge in [-0.05, 0) is 97.9 Å². The topological polar surface area (TPSA) is 16.4 Å². The largest absolute Gasteiger partial charge is 0.456 e. The monoisotopic (exact) mass is 663 g/mol.